The standard InChI is InChI=1S/C14H21N3O3S/c1-3-14(4-2,11(18)19)17-12(20)16-13-15-9-7-5-6-8-10(9)21-13/h3-8H2,1-2H3,(H,18,19)(H2,15,16,17,20). The van der Waals surface area contributed by atoms with E-state index < -0.39 is 17.5 Å². The number of hydrogen-bond donors (Lipinski definition) is 3. The van der Waals surface area contributed by atoms with Gasteiger partial charge in [-0.3, -0.25) is 5.32 Å². The Labute approximate surface area is 128 Å². The van der Waals surface area contributed by atoms with E-state index in [0.29, 0.717) is 18.0 Å². The van der Waals surface area contributed by atoms with Crippen LogP contribution in [-0.4, -0.2) is 27.6 Å². The van der Waals surface area contributed by atoms with E-state index in [1.165, 1.54) is 16.2 Å². The van der Waals surface area contributed by atoms with E-state index in [1.807, 2.05) is 0 Å². The van der Waals surface area contributed by atoms with Crippen molar-refractivity contribution in [2.24, 2.45) is 0 Å². The summed E-state index contributed by atoms with van der Waals surface area (Å²) >= 11 is 1.48. The number of aryl methyl sites for hydroxylation is 2. The minimum Gasteiger partial charge on any atom is -0.480 e. The lowest BCUT2D eigenvalue weighted by atomic mass is 9.93. The zero-order valence-corrected chi connectivity index (χ0v) is 13.2. The third kappa shape index (κ3) is 3.34. The number of aliphatic carboxylic acids is 1. The molecule has 0 saturated heterocycles. The van der Waals surface area contributed by atoms with Crippen molar-refractivity contribution >= 4 is 28.5 Å². The molecule has 1 aromatic rings. The molecule has 2 amide bonds. The molecule has 1 aliphatic rings. The zero-order valence-electron chi connectivity index (χ0n) is 12.4. The first-order valence-corrected chi connectivity index (χ1v) is 8.13. The molecule has 0 atom stereocenters. The summed E-state index contributed by atoms with van der Waals surface area (Å²) in [5.41, 5.74) is -0.155. The largest absolute Gasteiger partial charge is 0.480 e. The number of anilines is 1. The molecule has 7 heteroatoms. The van der Waals surface area contributed by atoms with Crippen molar-refractivity contribution in [2.45, 2.75) is 57.9 Å². The lowest BCUT2D eigenvalue weighted by Crippen LogP contribution is -2.54. The molecule has 0 spiro atoms. The Morgan fingerprint density at radius 3 is 2.52 bits per heavy atom. The number of fused-ring (bicyclic) bond motifs is 1. The van der Waals surface area contributed by atoms with Gasteiger partial charge in [-0.05, 0) is 38.5 Å². The topological polar surface area (TPSA) is 91.3 Å². The number of urea groups is 1. The van der Waals surface area contributed by atoms with Crippen LogP contribution < -0.4 is 10.6 Å². The van der Waals surface area contributed by atoms with Crippen LogP contribution in [0.2, 0.25) is 0 Å². The summed E-state index contributed by atoms with van der Waals surface area (Å²) in [6, 6.07) is -0.507. The Hall–Kier alpha value is -1.63. The van der Waals surface area contributed by atoms with Gasteiger partial charge in [-0.15, -0.1) is 11.3 Å². The SMILES string of the molecule is CCC(CC)(NC(=O)Nc1nc2c(s1)CCCC2)C(=O)O. The van der Waals surface area contributed by atoms with E-state index in [-0.39, 0.29) is 0 Å². The highest BCUT2D eigenvalue weighted by Gasteiger charge is 2.36. The van der Waals surface area contributed by atoms with Crippen molar-refractivity contribution < 1.29 is 14.7 Å². The van der Waals surface area contributed by atoms with Gasteiger partial charge in [0.05, 0.1) is 5.69 Å². The highest BCUT2D eigenvalue weighted by Crippen LogP contribution is 2.29. The molecule has 0 saturated carbocycles. The molecule has 0 aromatic carbocycles. The van der Waals surface area contributed by atoms with Gasteiger partial charge in [0, 0.05) is 4.88 Å². The van der Waals surface area contributed by atoms with Gasteiger partial charge in [0.1, 0.15) is 5.54 Å². The van der Waals surface area contributed by atoms with Crippen LogP contribution in [0.5, 0.6) is 0 Å². The summed E-state index contributed by atoms with van der Waals surface area (Å²) in [7, 11) is 0. The maximum atomic E-state index is 12.0. The van der Waals surface area contributed by atoms with Crippen LogP contribution in [-0.2, 0) is 17.6 Å². The molecule has 1 aliphatic carbocycles. The van der Waals surface area contributed by atoms with Crippen molar-refractivity contribution in [1.82, 2.24) is 10.3 Å². The second kappa shape index (κ2) is 6.43. The fourth-order valence-electron chi connectivity index (χ4n) is 2.53. The minimum absolute atomic E-state index is 0.334. The molecular formula is C14H21N3O3S. The molecule has 3 N–H and O–H groups in total. The molecule has 0 bridgehead atoms. The van der Waals surface area contributed by atoms with E-state index in [2.05, 4.69) is 15.6 Å². The molecule has 1 heterocycles. The first kappa shape index (κ1) is 15.8. The van der Waals surface area contributed by atoms with E-state index in [1.54, 1.807) is 13.8 Å². The molecule has 116 valence electrons. The maximum Gasteiger partial charge on any atom is 0.329 e. The number of carboxylic acids is 1. The average Bonchev–Trinajstić information content (AvgIpc) is 2.86. The number of amides is 2. The van der Waals surface area contributed by atoms with Crippen molar-refractivity contribution in [2.75, 3.05) is 5.32 Å². The quantitative estimate of drug-likeness (QED) is 0.779. The molecule has 1 aromatic heterocycles. The number of thiazole rings is 1. The molecule has 2 rings (SSSR count). The Balaban J connectivity index is 2.04. The van der Waals surface area contributed by atoms with Gasteiger partial charge < -0.3 is 10.4 Å². The highest BCUT2D eigenvalue weighted by molar-refractivity contribution is 7.15. The Morgan fingerprint density at radius 2 is 1.95 bits per heavy atom. The number of nitrogens with zero attached hydrogens (tertiary/aromatic N) is 1. The zero-order chi connectivity index (χ0) is 15.5. The first-order chi connectivity index (χ1) is 10.0. The predicted molar refractivity (Wildman–Crippen MR) is 81.9 cm³/mol. The number of hydrogen-bond acceptors (Lipinski definition) is 4. The van der Waals surface area contributed by atoms with Crippen molar-refractivity contribution in [3.63, 3.8) is 0 Å². The van der Waals surface area contributed by atoms with Crippen LogP contribution in [0, 0.1) is 0 Å². The summed E-state index contributed by atoms with van der Waals surface area (Å²) in [4.78, 5) is 29.1. The van der Waals surface area contributed by atoms with Crippen molar-refractivity contribution in [3.05, 3.63) is 10.6 Å². The smallest absolute Gasteiger partial charge is 0.329 e. The lowest BCUT2D eigenvalue weighted by Gasteiger charge is -2.27. The number of carbonyl (C=O) groups excluding carboxylic acids is 1. The van der Waals surface area contributed by atoms with Gasteiger partial charge in [0.2, 0.25) is 0 Å². The Kier molecular flexibility index (Phi) is 4.82. The predicted octanol–water partition coefficient (Wildman–Crippen LogP) is 2.79. The average molecular weight is 311 g/mol. The molecule has 6 nitrogen and oxygen atoms in total. The Bertz CT molecular complexity index is 514. The number of rotatable bonds is 5. The summed E-state index contributed by atoms with van der Waals surface area (Å²) in [6.07, 6.45) is 4.93. The van der Waals surface area contributed by atoms with E-state index >= 15 is 0 Å². The monoisotopic (exact) mass is 311 g/mol. The van der Waals surface area contributed by atoms with Gasteiger partial charge in [0.15, 0.2) is 5.13 Å². The Morgan fingerprint density at radius 1 is 1.29 bits per heavy atom. The lowest BCUT2D eigenvalue weighted by molar-refractivity contribution is -0.144. The van der Waals surface area contributed by atoms with Crippen molar-refractivity contribution in [1.29, 1.82) is 0 Å². The molecule has 0 aliphatic heterocycles. The van der Waals surface area contributed by atoms with Crippen LogP contribution in [0.4, 0.5) is 9.93 Å². The molecule has 0 fully saturated rings. The van der Waals surface area contributed by atoms with Gasteiger partial charge in [-0.1, -0.05) is 13.8 Å². The third-order valence-electron chi connectivity index (χ3n) is 4.04. The second-order valence-electron chi connectivity index (χ2n) is 5.27. The summed E-state index contributed by atoms with van der Waals surface area (Å²) in [5, 5.41) is 15.1. The highest BCUT2D eigenvalue weighted by atomic mass is 32.1. The maximum absolute atomic E-state index is 12.0. The number of carbonyl (C=O) groups is 2. The van der Waals surface area contributed by atoms with Gasteiger partial charge in [-0.2, -0.15) is 0 Å². The van der Waals surface area contributed by atoms with Gasteiger partial charge in [-0.25, -0.2) is 14.6 Å². The van der Waals surface area contributed by atoms with E-state index in [0.717, 1.165) is 31.4 Å². The molecular weight excluding hydrogens is 290 g/mol. The number of nitrogens with one attached hydrogen (secondary N) is 2. The van der Waals surface area contributed by atoms with Crippen LogP contribution in [0.25, 0.3) is 0 Å². The normalized spacial score (nSPS) is 14.4. The van der Waals surface area contributed by atoms with Gasteiger partial charge in [0.25, 0.3) is 0 Å². The summed E-state index contributed by atoms with van der Waals surface area (Å²) in [6.45, 7) is 3.50. The summed E-state index contributed by atoms with van der Waals surface area (Å²) < 4.78 is 0. The van der Waals surface area contributed by atoms with Gasteiger partial charge >= 0.3 is 12.0 Å². The second-order valence-corrected chi connectivity index (χ2v) is 6.35. The van der Waals surface area contributed by atoms with E-state index in [4.69, 9.17) is 0 Å². The molecule has 0 unspecified atom stereocenters. The fraction of sp³-hybridized carbons (Fsp3) is 0.643. The molecule has 0 radical (unpaired) electrons. The number of carboxylic acid groups (broad SMARTS) is 1. The fourth-order valence-corrected chi connectivity index (χ4v) is 3.58. The van der Waals surface area contributed by atoms with Crippen LogP contribution in [0.1, 0.15) is 50.1 Å². The minimum atomic E-state index is -1.22. The summed E-state index contributed by atoms with van der Waals surface area (Å²) in [5.74, 6) is -1.01. The van der Waals surface area contributed by atoms with Crippen LogP contribution in [0.3, 0.4) is 0 Å². The van der Waals surface area contributed by atoms with Crippen molar-refractivity contribution in [3.8, 4) is 0 Å². The van der Waals surface area contributed by atoms with E-state index in [9.17, 15) is 14.7 Å². The van der Waals surface area contributed by atoms with Crippen LogP contribution in [0.15, 0.2) is 0 Å². The molecule has 21 heavy (non-hydrogen) atoms. The third-order valence-corrected chi connectivity index (χ3v) is 5.11. The number of aromatic nitrogens is 1. The van der Waals surface area contributed by atoms with Crippen LogP contribution >= 0.6 is 11.3 Å². The first-order valence-electron chi connectivity index (χ1n) is 7.32.